The van der Waals surface area contributed by atoms with E-state index in [9.17, 15) is 4.79 Å². The Labute approximate surface area is 68.4 Å². The molecule has 0 bridgehead atoms. The van der Waals surface area contributed by atoms with Gasteiger partial charge in [0.15, 0.2) is 5.11 Å². The molecule has 0 saturated carbocycles. The quantitative estimate of drug-likeness (QED) is 0.519. The molecule has 4 N–H and O–H groups in total. The maximum absolute atomic E-state index is 10.6. The van der Waals surface area contributed by atoms with E-state index in [0.29, 0.717) is 5.69 Å². The summed E-state index contributed by atoms with van der Waals surface area (Å²) in [7, 11) is 0. The third-order valence-corrected chi connectivity index (χ3v) is 1.15. The van der Waals surface area contributed by atoms with Gasteiger partial charge < -0.3 is 16.0 Å². The Morgan fingerprint density at radius 2 is 2.36 bits per heavy atom. The summed E-state index contributed by atoms with van der Waals surface area (Å²) in [6.07, 6.45) is 1.50. The molecule has 0 aliphatic carbocycles. The summed E-state index contributed by atoms with van der Waals surface area (Å²) in [5.74, 6) is 0. The van der Waals surface area contributed by atoms with Gasteiger partial charge in [-0.2, -0.15) is 0 Å². The minimum absolute atomic E-state index is 0.154. The number of thiocarbonyl (C=S) groups is 1. The van der Waals surface area contributed by atoms with E-state index in [1.165, 1.54) is 12.3 Å². The molecule has 0 aliphatic rings. The smallest absolute Gasteiger partial charge is 0.248 e. The molecule has 0 spiro atoms. The maximum Gasteiger partial charge on any atom is 0.248 e. The second kappa shape index (κ2) is 3.16. The van der Waals surface area contributed by atoms with Crippen LogP contribution in [0.4, 0.5) is 5.69 Å². The zero-order valence-electron chi connectivity index (χ0n) is 5.63. The number of hydrogen-bond donors (Lipinski definition) is 3. The van der Waals surface area contributed by atoms with Gasteiger partial charge in [-0.15, -0.1) is 0 Å². The molecule has 1 heterocycles. The summed E-state index contributed by atoms with van der Waals surface area (Å²) in [5.41, 5.74) is 5.71. The second-order valence-electron chi connectivity index (χ2n) is 1.93. The van der Waals surface area contributed by atoms with Crippen molar-refractivity contribution in [2.75, 3.05) is 5.32 Å². The molecule has 0 fully saturated rings. The lowest BCUT2D eigenvalue weighted by atomic mass is 10.4. The van der Waals surface area contributed by atoms with Crippen LogP contribution in [0.15, 0.2) is 23.1 Å². The van der Waals surface area contributed by atoms with Crippen molar-refractivity contribution in [3.05, 3.63) is 28.7 Å². The number of aromatic nitrogens is 1. The molecular weight excluding hydrogens is 162 g/mol. The van der Waals surface area contributed by atoms with Crippen molar-refractivity contribution in [3.63, 3.8) is 0 Å². The highest BCUT2D eigenvalue weighted by Gasteiger charge is 1.90. The fourth-order valence-electron chi connectivity index (χ4n) is 0.631. The topological polar surface area (TPSA) is 70.9 Å². The van der Waals surface area contributed by atoms with Crippen LogP contribution in [0.5, 0.6) is 0 Å². The van der Waals surface area contributed by atoms with Crippen LogP contribution in [-0.2, 0) is 0 Å². The van der Waals surface area contributed by atoms with Crippen LogP contribution in [0.3, 0.4) is 0 Å². The van der Waals surface area contributed by atoms with E-state index >= 15 is 0 Å². The predicted molar refractivity (Wildman–Crippen MR) is 47.5 cm³/mol. The van der Waals surface area contributed by atoms with Gasteiger partial charge in [0.05, 0.1) is 5.69 Å². The number of nitrogens with two attached hydrogens (primary N) is 1. The molecule has 1 aromatic heterocycles. The first kappa shape index (κ1) is 7.74. The van der Waals surface area contributed by atoms with E-state index in [0.717, 1.165) is 0 Å². The van der Waals surface area contributed by atoms with E-state index in [1.807, 2.05) is 0 Å². The highest BCUT2D eigenvalue weighted by atomic mass is 32.1. The molecule has 0 radical (unpaired) electrons. The number of pyridine rings is 1. The van der Waals surface area contributed by atoms with Gasteiger partial charge in [0, 0.05) is 12.3 Å². The molecule has 11 heavy (non-hydrogen) atoms. The second-order valence-corrected chi connectivity index (χ2v) is 2.37. The SMILES string of the molecule is NC(=S)Nc1ccc(=O)[nH]c1. The van der Waals surface area contributed by atoms with Gasteiger partial charge in [-0.25, -0.2) is 0 Å². The Morgan fingerprint density at radius 1 is 1.64 bits per heavy atom. The van der Waals surface area contributed by atoms with Crippen LogP contribution in [-0.4, -0.2) is 10.1 Å². The van der Waals surface area contributed by atoms with Gasteiger partial charge in [-0.3, -0.25) is 4.79 Å². The van der Waals surface area contributed by atoms with Crippen LogP contribution in [0.2, 0.25) is 0 Å². The lowest BCUT2D eigenvalue weighted by Crippen LogP contribution is -2.19. The maximum atomic E-state index is 10.6. The Kier molecular flexibility index (Phi) is 2.22. The highest BCUT2D eigenvalue weighted by Crippen LogP contribution is 1.98. The van der Waals surface area contributed by atoms with Crippen molar-refractivity contribution in [1.29, 1.82) is 0 Å². The zero-order valence-corrected chi connectivity index (χ0v) is 6.44. The number of H-pyrrole nitrogens is 1. The predicted octanol–water partition coefficient (Wildman–Crippen LogP) is 0.0304. The monoisotopic (exact) mass is 169 g/mol. The van der Waals surface area contributed by atoms with Crippen molar-refractivity contribution in [2.45, 2.75) is 0 Å². The Morgan fingerprint density at radius 3 is 2.82 bits per heavy atom. The van der Waals surface area contributed by atoms with E-state index in [2.05, 4.69) is 22.5 Å². The minimum Gasteiger partial charge on any atom is -0.376 e. The lowest BCUT2D eigenvalue weighted by molar-refractivity contribution is 1.24. The van der Waals surface area contributed by atoms with Crippen molar-refractivity contribution in [1.82, 2.24) is 4.98 Å². The molecule has 0 atom stereocenters. The largest absolute Gasteiger partial charge is 0.376 e. The van der Waals surface area contributed by atoms with Crippen LogP contribution < -0.4 is 16.6 Å². The Bertz CT molecular complexity index is 299. The zero-order chi connectivity index (χ0) is 8.27. The van der Waals surface area contributed by atoms with E-state index in [-0.39, 0.29) is 10.7 Å². The van der Waals surface area contributed by atoms with Crippen LogP contribution in [0.25, 0.3) is 0 Å². The fourth-order valence-corrected chi connectivity index (χ4v) is 0.748. The summed E-state index contributed by atoms with van der Waals surface area (Å²) in [6.45, 7) is 0. The van der Waals surface area contributed by atoms with Crippen LogP contribution >= 0.6 is 12.2 Å². The van der Waals surface area contributed by atoms with E-state index < -0.39 is 0 Å². The minimum atomic E-state index is -0.154. The third-order valence-electron chi connectivity index (χ3n) is 1.05. The molecule has 0 aliphatic heterocycles. The molecule has 4 nitrogen and oxygen atoms in total. The molecule has 0 amide bonds. The molecule has 58 valence electrons. The van der Waals surface area contributed by atoms with Gasteiger partial charge in [-0.1, -0.05) is 0 Å². The van der Waals surface area contributed by atoms with Crippen molar-refractivity contribution < 1.29 is 0 Å². The Balaban J connectivity index is 2.82. The number of rotatable bonds is 1. The first-order valence-corrected chi connectivity index (χ1v) is 3.34. The molecule has 0 unspecified atom stereocenters. The normalized spacial score (nSPS) is 9.09. The number of anilines is 1. The standard InChI is InChI=1S/C6H7N3OS/c7-6(11)9-4-1-2-5(10)8-3-4/h1-3H,(H,8,10)(H3,7,9,11). The molecule has 0 saturated heterocycles. The first-order valence-electron chi connectivity index (χ1n) is 2.93. The fraction of sp³-hybridized carbons (Fsp3) is 0. The summed E-state index contributed by atoms with van der Waals surface area (Å²) in [5, 5.41) is 2.85. The van der Waals surface area contributed by atoms with Gasteiger partial charge in [0.25, 0.3) is 0 Å². The van der Waals surface area contributed by atoms with Crippen molar-refractivity contribution >= 4 is 23.0 Å². The van der Waals surface area contributed by atoms with Crippen molar-refractivity contribution in [3.8, 4) is 0 Å². The van der Waals surface area contributed by atoms with Crippen LogP contribution in [0.1, 0.15) is 0 Å². The summed E-state index contributed by atoms with van der Waals surface area (Å²) in [6, 6.07) is 2.98. The van der Waals surface area contributed by atoms with Gasteiger partial charge in [0.2, 0.25) is 5.56 Å². The van der Waals surface area contributed by atoms with Gasteiger partial charge >= 0.3 is 0 Å². The van der Waals surface area contributed by atoms with Gasteiger partial charge in [-0.05, 0) is 18.3 Å². The molecule has 0 aromatic carbocycles. The van der Waals surface area contributed by atoms with Gasteiger partial charge in [0.1, 0.15) is 0 Å². The lowest BCUT2D eigenvalue weighted by Gasteiger charge is -2.00. The average Bonchev–Trinajstić information content (AvgIpc) is 1.93. The molecule has 1 aromatic rings. The molecule has 1 rings (SSSR count). The third kappa shape index (κ3) is 2.38. The van der Waals surface area contributed by atoms with E-state index in [4.69, 9.17) is 5.73 Å². The average molecular weight is 169 g/mol. The summed E-state index contributed by atoms with van der Waals surface area (Å²) < 4.78 is 0. The number of hydrogen-bond acceptors (Lipinski definition) is 2. The van der Waals surface area contributed by atoms with Crippen molar-refractivity contribution in [2.24, 2.45) is 5.73 Å². The summed E-state index contributed by atoms with van der Waals surface area (Å²) >= 11 is 4.59. The first-order chi connectivity index (χ1) is 5.18. The molecule has 5 heteroatoms. The number of nitrogens with one attached hydrogen (secondary N) is 2. The molecular formula is C6H7N3OS. The van der Waals surface area contributed by atoms with E-state index in [1.54, 1.807) is 6.07 Å². The Hall–Kier alpha value is -1.36. The summed E-state index contributed by atoms with van der Waals surface area (Å²) in [4.78, 5) is 13.0. The highest BCUT2D eigenvalue weighted by molar-refractivity contribution is 7.80. The number of aromatic amines is 1. The van der Waals surface area contributed by atoms with Crippen LogP contribution in [0, 0.1) is 0 Å².